The van der Waals surface area contributed by atoms with E-state index in [1.165, 1.54) is 6.20 Å². The fourth-order valence-electron chi connectivity index (χ4n) is 4.00. The summed E-state index contributed by atoms with van der Waals surface area (Å²) in [5.74, 6) is 0.0635. The quantitative estimate of drug-likeness (QED) is 0.682. The molecule has 1 aliphatic heterocycles. The van der Waals surface area contributed by atoms with E-state index in [1.54, 1.807) is 17.0 Å². The van der Waals surface area contributed by atoms with Crippen LogP contribution in [0.4, 0.5) is 0 Å². The molecule has 0 radical (unpaired) electrons. The third-order valence-electron chi connectivity index (χ3n) is 5.67. The summed E-state index contributed by atoms with van der Waals surface area (Å²) in [6.07, 6.45) is 3.84. The van der Waals surface area contributed by atoms with Crippen LogP contribution in [0.5, 0.6) is 0 Å². The van der Waals surface area contributed by atoms with Gasteiger partial charge in [0.25, 0.3) is 5.91 Å². The van der Waals surface area contributed by atoms with E-state index in [0.29, 0.717) is 18.8 Å². The second-order valence-corrected chi connectivity index (χ2v) is 9.45. The predicted molar refractivity (Wildman–Crippen MR) is 110 cm³/mol. The highest BCUT2D eigenvalue weighted by atomic mass is 32.2. The highest BCUT2D eigenvalue weighted by Gasteiger charge is 2.39. The Hall–Kier alpha value is -2.26. The second kappa shape index (κ2) is 9.04. The van der Waals surface area contributed by atoms with E-state index in [9.17, 15) is 13.2 Å². The molecule has 0 unspecified atom stereocenters. The number of carbonyl (C=O) groups is 1. The molecular formula is C20H29N5O3S. The van der Waals surface area contributed by atoms with Crippen molar-refractivity contribution in [3.63, 3.8) is 0 Å². The smallest absolute Gasteiger partial charge is 0.273 e. The van der Waals surface area contributed by atoms with Gasteiger partial charge in [0.2, 0.25) is 10.0 Å². The number of carbonyl (C=O) groups excluding carboxylic acids is 1. The number of benzene rings is 1. The molecule has 1 amide bonds. The van der Waals surface area contributed by atoms with Gasteiger partial charge < -0.3 is 4.90 Å². The number of aryl methyl sites for hydroxylation is 1. The molecule has 9 heteroatoms. The molecule has 1 aliphatic rings. The SMILES string of the molecule is CCC[C@@H](NS(=O)(=O)c1ccc(CC)cc1)[C@H]1CN(C(=O)c2cnn[nH]2)C[C@H]1C. The van der Waals surface area contributed by atoms with Crippen LogP contribution in [0.2, 0.25) is 0 Å². The molecule has 8 nitrogen and oxygen atoms in total. The lowest BCUT2D eigenvalue weighted by Gasteiger charge is -2.27. The van der Waals surface area contributed by atoms with Crippen LogP contribution in [-0.4, -0.2) is 53.8 Å². The van der Waals surface area contributed by atoms with Crippen molar-refractivity contribution in [1.82, 2.24) is 25.0 Å². The lowest BCUT2D eigenvalue weighted by molar-refractivity contribution is 0.0777. The van der Waals surface area contributed by atoms with E-state index >= 15 is 0 Å². The van der Waals surface area contributed by atoms with Crippen molar-refractivity contribution in [3.8, 4) is 0 Å². The number of nitrogens with one attached hydrogen (secondary N) is 2. The predicted octanol–water partition coefficient (Wildman–Crippen LogP) is 2.22. The lowest BCUT2D eigenvalue weighted by atomic mass is 9.88. The van der Waals surface area contributed by atoms with Gasteiger partial charge in [-0.25, -0.2) is 13.1 Å². The molecule has 3 rings (SSSR count). The van der Waals surface area contributed by atoms with Gasteiger partial charge >= 0.3 is 0 Å². The second-order valence-electron chi connectivity index (χ2n) is 7.74. The Kier molecular flexibility index (Phi) is 6.69. The number of sulfonamides is 1. The summed E-state index contributed by atoms with van der Waals surface area (Å²) < 4.78 is 28.9. The Bertz CT molecular complexity index is 912. The zero-order valence-electron chi connectivity index (χ0n) is 17.1. The number of aromatic nitrogens is 3. The minimum absolute atomic E-state index is 0.0412. The number of H-pyrrole nitrogens is 1. The number of amides is 1. The third kappa shape index (κ3) is 4.84. The summed E-state index contributed by atoms with van der Waals surface area (Å²) in [4.78, 5) is 14.6. The molecule has 2 heterocycles. The van der Waals surface area contributed by atoms with Crippen molar-refractivity contribution >= 4 is 15.9 Å². The summed E-state index contributed by atoms with van der Waals surface area (Å²) >= 11 is 0. The van der Waals surface area contributed by atoms with Crippen molar-refractivity contribution in [1.29, 1.82) is 0 Å². The van der Waals surface area contributed by atoms with Crippen LogP contribution in [0.1, 0.15) is 49.7 Å². The van der Waals surface area contributed by atoms with Gasteiger partial charge in [0.1, 0.15) is 5.69 Å². The molecule has 1 fully saturated rings. The first-order chi connectivity index (χ1) is 13.9. The van der Waals surface area contributed by atoms with E-state index in [4.69, 9.17) is 0 Å². The van der Waals surface area contributed by atoms with Gasteiger partial charge in [0.05, 0.1) is 11.1 Å². The van der Waals surface area contributed by atoms with Gasteiger partial charge in [0.15, 0.2) is 0 Å². The first-order valence-corrected chi connectivity index (χ1v) is 11.6. The van der Waals surface area contributed by atoms with Crippen molar-refractivity contribution in [2.75, 3.05) is 13.1 Å². The van der Waals surface area contributed by atoms with Crippen LogP contribution in [0, 0.1) is 11.8 Å². The summed E-state index contributed by atoms with van der Waals surface area (Å²) in [6.45, 7) is 7.22. The van der Waals surface area contributed by atoms with E-state index in [1.807, 2.05) is 26.0 Å². The van der Waals surface area contributed by atoms with E-state index in [0.717, 1.165) is 24.8 Å². The van der Waals surface area contributed by atoms with Gasteiger partial charge in [-0.1, -0.05) is 44.5 Å². The van der Waals surface area contributed by atoms with Crippen molar-refractivity contribution < 1.29 is 13.2 Å². The maximum Gasteiger partial charge on any atom is 0.273 e. The Morgan fingerprint density at radius 2 is 2.00 bits per heavy atom. The van der Waals surface area contributed by atoms with Crippen molar-refractivity contribution in [2.45, 2.75) is 51.0 Å². The highest BCUT2D eigenvalue weighted by molar-refractivity contribution is 7.89. The molecule has 2 N–H and O–H groups in total. The van der Waals surface area contributed by atoms with Crippen LogP contribution in [0.15, 0.2) is 35.4 Å². The molecule has 29 heavy (non-hydrogen) atoms. The topological polar surface area (TPSA) is 108 Å². The van der Waals surface area contributed by atoms with Gasteiger partial charge in [-0.05, 0) is 42.4 Å². The average molecular weight is 420 g/mol. The van der Waals surface area contributed by atoms with E-state index in [-0.39, 0.29) is 28.7 Å². The van der Waals surface area contributed by atoms with Crippen LogP contribution in [0.25, 0.3) is 0 Å². The lowest BCUT2D eigenvalue weighted by Crippen LogP contribution is -2.43. The fourth-order valence-corrected chi connectivity index (χ4v) is 5.32. The summed E-state index contributed by atoms with van der Waals surface area (Å²) in [7, 11) is -3.63. The average Bonchev–Trinajstić information content (AvgIpc) is 3.37. The number of rotatable bonds is 8. The van der Waals surface area contributed by atoms with Gasteiger partial charge in [-0.2, -0.15) is 0 Å². The van der Waals surface area contributed by atoms with Crippen LogP contribution < -0.4 is 4.72 Å². The van der Waals surface area contributed by atoms with Crippen LogP contribution >= 0.6 is 0 Å². The molecule has 0 saturated carbocycles. The molecular weight excluding hydrogens is 390 g/mol. The van der Waals surface area contributed by atoms with Crippen LogP contribution in [-0.2, 0) is 16.4 Å². The van der Waals surface area contributed by atoms with Crippen molar-refractivity contribution in [2.24, 2.45) is 11.8 Å². The molecule has 0 spiro atoms. The highest BCUT2D eigenvalue weighted by Crippen LogP contribution is 2.30. The number of aromatic amines is 1. The largest absolute Gasteiger partial charge is 0.337 e. The summed E-state index contributed by atoms with van der Waals surface area (Å²) in [5.41, 5.74) is 1.45. The molecule has 1 aromatic carbocycles. The zero-order valence-corrected chi connectivity index (χ0v) is 17.9. The number of nitrogens with zero attached hydrogens (tertiary/aromatic N) is 3. The zero-order chi connectivity index (χ0) is 21.0. The minimum atomic E-state index is -3.63. The number of likely N-dealkylation sites (tertiary alicyclic amines) is 1. The molecule has 1 saturated heterocycles. The maximum atomic E-state index is 13.0. The summed E-state index contributed by atoms with van der Waals surface area (Å²) in [5, 5.41) is 9.87. The third-order valence-corrected chi connectivity index (χ3v) is 7.17. The maximum absolute atomic E-state index is 13.0. The monoisotopic (exact) mass is 419 g/mol. The standard InChI is InChI=1S/C20H29N5O3S/c1-4-6-18(23-29(27,28)16-9-7-15(5-2)8-10-16)17-13-25(12-14(17)3)20(26)19-11-21-24-22-19/h7-11,14,17-18,23H,4-6,12-13H2,1-3H3,(H,21,22,24)/t14-,17+,18-/m1/s1. The van der Waals surface area contributed by atoms with E-state index in [2.05, 4.69) is 27.1 Å². The summed E-state index contributed by atoms with van der Waals surface area (Å²) in [6, 6.07) is 6.77. The number of hydrogen-bond donors (Lipinski definition) is 2. The normalized spacial score (nSPS) is 20.7. The minimum Gasteiger partial charge on any atom is -0.337 e. The van der Waals surface area contributed by atoms with Crippen LogP contribution in [0.3, 0.4) is 0 Å². The van der Waals surface area contributed by atoms with E-state index < -0.39 is 10.0 Å². The Morgan fingerprint density at radius 3 is 2.59 bits per heavy atom. The Balaban J connectivity index is 1.75. The van der Waals surface area contributed by atoms with Gasteiger partial charge in [-0.15, -0.1) is 5.10 Å². The Morgan fingerprint density at radius 1 is 1.28 bits per heavy atom. The fraction of sp³-hybridized carbons (Fsp3) is 0.550. The Labute approximate surface area is 172 Å². The molecule has 0 aliphatic carbocycles. The van der Waals surface area contributed by atoms with Crippen molar-refractivity contribution in [3.05, 3.63) is 41.7 Å². The first kappa shape index (κ1) is 21.4. The molecule has 3 atom stereocenters. The molecule has 158 valence electrons. The van der Waals surface area contributed by atoms with Gasteiger partial charge in [-0.3, -0.25) is 9.89 Å². The molecule has 0 bridgehead atoms. The molecule has 2 aromatic rings. The number of hydrogen-bond acceptors (Lipinski definition) is 5. The molecule has 1 aromatic heterocycles. The van der Waals surface area contributed by atoms with Gasteiger partial charge in [0, 0.05) is 19.1 Å². The first-order valence-electron chi connectivity index (χ1n) is 10.1.